The van der Waals surface area contributed by atoms with E-state index in [4.69, 9.17) is 0 Å². The van der Waals surface area contributed by atoms with Gasteiger partial charge in [0.1, 0.15) is 5.69 Å². The Morgan fingerprint density at radius 2 is 2.12 bits per heavy atom. The Morgan fingerprint density at radius 1 is 1.34 bits per heavy atom. The second-order valence-electron chi connectivity index (χ2n) is 7.99. The molecule has 1 aromatic carbocycles. The van der Waals surface area contributed by atoms with E-state index >= 15 is 0 Å². The van der Waals surface area contributed by atoms with Gasteiger partial charge < -0.3 is 10.2 Å². The van der Waals surface area contributed by atoms with Gasteiger partial charge in [0, 0.05) is 37.5 Å². The summed E-state index contributed by atoms with van der Waals surface area (Å²) in [6, 6.07) is 9.59. The van der Waals surface area contributed by atoms with E-state index in [9.17, 15) is 23.3 Å². The minimum Gasteiger partial charge on any atom is -0.371 e. The number of nitrogens with zero attached hydrogens (tertiary/aromatic N) is 3. The van der Waals surface area contributed by atoms with E-state index in [1.54, 1.807) is 23.2 Å². The topological polar surface area (TPSA) is 135 Å². The zero-order valence-electron chi connectivity index (χ0n) is 18.0. The van der Waals surface area contributed by atoms with Gasteiger partial charge in [-0.05, 0) is 49.9 Å². The zero-order valence-corrected chi connectivity index (χ0v) is 18.8. The van der Waals surface area contributed by atoms with Gasteiger partial charge in [0.05, 0.1) is 22.9 Å². The molecule has 2 N–H and O–H groups in total. The third kappa shape index (κ3) is 6.24. The van der Waals surface area contributed by atoms with Crippen LogP contribution in [0.15, 0.2) is 42.6 Å². The Labute approximate surface area is 187 Å². The average molecular weight is 462 g/mol. The van der Waals surface area contributed by atoms with E-state index in [0.29, 0.717) is 18.8 Å². The number of carbonyl (C=O) groups is 1. The number of nitrogens with one attached hydrogen (secondary N) is 2. The molecule has 1 amide bonds. The predicted molar refractivity (Wildman–Crippen MR) is 121 cm³/mol. The largest absolute Gasteiger partial charge is 0.371 e. The molecule has 0 radical (unpaired) electrons. The van der Waals surface area contributed by atoms with Crippen LogP contribution in [0.1, 0.15) is 41.9 Å². The number of hydrogen-bond acceptors (Lipinski definition) is 7. The number of amides is 1. The molecule has 3 rings (SSSR count). The molecule has 1 fully saturated rings. The molecule has 2 heterocycles. The molecule has 10 nitrogen and oxygen atoms in total. The summed E-state index contributed by atoms with van der Waals surface area (Å²) in [6.45, 7) is 3.03. The van der Waals surface area contributed by atoms with E-state index in [1.807, 2.05) is 19.1 Å². The maximum absolute atomic E-state index is 13.0. The molecular weight excluding hydrogens is 434 g/mol. The SMILES string of the molecule is CC(Nc1ccc(C(=O)N2CCCC(CNS(C)(=O)=O)C2)cc1[N+](=O)[O-])c1ccccn1. The highest BCUT2D eigenvalue weighted by Crippen LogP contribution is 2.30. The Kier molecular flexibility index (Phi) is 7.41. The molecule has 1 aromatic heterocycles. The van der Waals surface area contributed by atoms with E-state index in [2.05, 4.69) is 15.0 Å². The second-order valence-corrected chi connectivity index (χ2v) is 9.82. The molecule has 2 unspecified atom stereocenters. The fraction of sp³-hybridized carbons (Fsp3) is 0.429. The van der Waals surface area contributed by atoms with Crippen LogP contribution in [0.4, 0.5) is 11.4 Å². The predicted octanol–water partition coefficient (Wildman–Crippen LogP) is 2.56. The Balaban J connectivity index is 1.74. The monoisotopic (exact) mass is 461 g/mol. The zero-order chi connectivity index (χ0) is 23.3. The minimum absolute atomic E-state index is 0.00225. The van der Waals surface area contributed by atoms with Crippen molar-refractivity contribution in [3.05, 3.63) is 64.0 Å². The van der Waals surface area contributed by atoms with E-state index in [1.165, 1.54) is 12.1 Å². The van der Waals surface area contributed by atoms with Gasteiger partial charge in [0.15, 0.2) is 0 Å². The number of carbonyl (C=O) groups excluding carboxylic acids is 1. The highest BCUT2D eigenvalue weighted by molar-refractivity contribution is 7.88. The second kappa shape index (κ2) is 10.0. The number of rotatable bonds is 8. The molecule has 0 spiro atoms. The first-order valence-electron chi connectivity index (χ1n) is 10.3. The summed E-state index contributed by atoms with van der Waals surface area (Å²) in [5, 5.41) is 14.8. The van der Waals surface area contributed by atoms with Crippen molar-refractivity contribution in [2.45, 2.75) is 25.8 Å². The molecule has 11 heteroatoms. The van der Waals surface area contributed by atoms with E-state index in [-0.39, 0.29) is 35.7 Å². The van der Waals surface area contributed by atoms with Crippen LogP contribution in [0.3, 0.4) is 0 Å². The third-order valence-electron chi connectivity index (χ3n) is 5.39. The Morgan fingerprint density at radius 3 is 2.78 bits per heavy atom. The van der Waals surface area contributed by atoms with Crippen LogP contribution >= 0.6 is 0 Å². The first-order chi connectivity index (χ1) is 15.1. The van der Waals surface area contributed by atoms with Crippen LogP contribution in [0.2, 0.25) is 0 Å². The number of pyridine rings is 1. The average Bonchev–Trinajstić information content (AvgIpc) is 2.77. The van der Waals surface area contributed by atoms with Crippen molar-refractivity contribution in [2.75, 3.05) is 31.2 Å². The number of nitro groups is 1. The van der Waals surface area contributed by atoms with Crippen LogP contribution in [-0.2, 0) is 10.0 Å². The third-order valence-corrected chi connectivity index (χ3v) is 6.08. The van der Waals surface area contributed by atoms with Crippen molar-refractivity contribution in [1.82, 2.24) is 14.6 Å². The van der Waals surface area contributed by atoms with Crippen molar-refractivity contribution in [1.29, 1.82) is 0 Å². The summed E-state index contributed by atoms with van der Waals surface area (Å²) >= 11 is 0. The summed E-state index contributed by atoms with van der Waals surface area (Å²) in [5.74, 6) is -0.306. The number of nitro benzene ring substituents is 1. The highest BCUT2D eigenvalue weighted by Gasteiger charge is 2.27. The fourth-order valence-electron chi connectivity index (χ4n) is 3.75. The number of piperidine rings is 1. The minimum atomic E-state index is -3.30. The van der Waals surface area contributed by atoms with Gasteiger partial charge >= 0.3 is 0 Å². The Bertz CT molecular complexity index is 1080. The van der Waals surface area contributed by atoms with E-state index in [0.717, 1.165) is 24.8 Å². The van der Waals surface area contributed by atoms with Crippen LogP contribution in [-0.4, -0.2) is 55.0 Å². The Hall–Kier alpha value is -3.05. The molecule has 0 saturated carbocycles. The lowest BCUT2D eigenvalue weighted by atomic mass is 9.97. The van der Waals surface area contributed by atoms with Gasteiger partial charge in [-0.2, -0.15) is 0 Å². The van der Waals surface area contributed by atoms with Gasteiger partial charge in [-0.3, -0.25) is 19.9 Å². The summed E-state index contributed by atoms with van der Waals surface area (Å²) in [7, 11) is -3.30. The van der Waals surface area contributed by atoms with Gasteiger partial charge in [0.2, 0.25) is 10.0 Å². The highest BCUT2D eigenvalue weighted by atomic mass is 32.2. The molecule has 172 valence electrons. The molecule has 32 heavy (non-hydrogen) atoms. The van der Waals surface area contributed by atoms with Gasteiger partial charge in [-0.1, -0.05) is 6.07 Å². The van der Waals surface area contributed by atoms with Crippen LogP contribution in [0.5, 0.6) is 0 Å². The number of hydrogen-bond donors (Lipinski definition) is 2. The van der Waals surface area contributed by atoms with Gasteiger partial charge in [-0.15, -0.1) is 0 Å². The lowest BCUT2D eigenvalue weighted by Gasteiger charge is -2.32. The van der Waals surface area contributed by atoms with Crippen molar-refractivity contribution < 1.29 is 18.1 Å². The van der Waals surface area contributed by atoms with Gasteiger partial charge in [0.25, 0.3) is 11.6 Å². The number of anilines is 1. The standard InChI is InChI=1S/C21H27N5O5S/c1-15(18-7-3-4-10-22-18)24-19-9-8-17(12-20(19)26(28)29)21(27)25-11-5-6-16(14-25)13-23-32(2,30)31/h3-4,7-10,12,15-16,23-24H,5-6,11,13-14H2,1-2H3. The summed E-state index contributed by atoms with van der Waals surface area (Å²) in [5.41, 5.74) is 1.08. The molecule has 1 saturated heterocycles. The van der Waals surface area contributed by atoms with Crippen LogP contribution < -0.4 is 10.0 Å². The molecular formula is C21H27N5O5S. The summed E-state index contributed by atoms with van der Waals surface area (Å²) in [6.07, 6.45) is 4.30. The summed E-state index contributed by atoms with van der Waals surface area (Å²) in [4.78, 5) is 30.1. The molecule has 2 atom stereocenters. The smallest absolute Gasteiger partial charge is 0.293 e. The van der Waals surface area contributed by atoms with Crippen LogP contribution in [0.25, 0.3) is 0 Å². The number of benzene rings is 1. The number of aromatic nitrogens is 1. The number of likely N-dealkylation sites (tertiary alicyclic amines) is 1. The maximum Gasteiger partial charge on any atom is 0.293 e. The fourth-order valence-corrected chi connectivity index (χ4v) is 4.28. The first kappa shape index (κ1) is 23.6. The molecule has 0 bridgehead atoms. The maximum atomic E-state index is 13.0. The molecule has 2 aromatic rings. The van der Waals surface area contributed by atoms with Crippen molar-refractivity contribution >= 4 is 27.3 Å². The van der Waals surface area contributed by atoms with Crippen molar-refractivity contribution in [3.63, 3.8) is 0 Å². The van der Waals surface area contributed by atoms with E-state index < -0.39 is 14.9 Å². The molecule has 0 aliphatic carbocycles. The van der Waals surface area contributed by atoms with Gasteiger partial charge in [-0.25, -0.2) is 13.1 Å². The first-order valence-corrected chi connectivity index (χ1v) is 12.2. The molecule has 1 aliphatic heterocycles. The molecule has 1 aliphatic rings. The normalized spacial score (nSPS) is 17.6. The van der Waals surface area contributed by atoms with Crippen molar-refractivity contribution in [2.24, 2.45) is 5.92 Å². The van der Waals surface area contributed by atoms with Crippen molar-refractivity contribution in [3.8, 4) is 0 Å². The lowest BCUT2D eigenvalue weighted by molar-refractivity contribution is -0.384. The van der Waals surface area contributed by atoms with Crippen LogP contribution in [0, 0.1) is 16.0 Å². The quantitative estimate of drug-likeness (QED) is 0.456. The number of sulfonamides is 1. The lowest BCUT2D eigenvalue weighted by Crippen LogP contribution is -2.43. The summed E-state index contributed by atoms with van der Waals surface area (Å²) < 4.78 is 25.2.